The molecule has 0 unspecified atom stereocenters. The fourth-order valence-corrected chi connectivity index (χ4v) is 6.48. The van der Waals surface area contributed by atoms with Gasteiger partial charge in [-0.25, -0.2) is 0 Å². The normalized spacial score (nSPS) is 12.1. The predicted molar refractivity (Wildman–Crippen MR) is 184 cm³/mol. The smallest absolute Gasteiger partial charge is 0.136 e. The lowest BCUT2D eigenvalue weighted by atomic mass is 10.0. The van der Waals surface area contributed by atoms with E-state index in [4.69, 9.17) is 18.3 Å². The van der Waals surface area contributed by atoms with Crippen molar-refractivity contribution in [2.75, 3.05) is 19.8 Å². The summed E-state index contributed by atoms with van der Waals surface area (Å²) in [5.74, 6) is 0.920. The first-order valence-electron chi connectivity index (χ1n) is 16.6. The molecule has 44 heavy (non-hydrogen) atoms. The number of hydrogen-bond donors (Lipinski definition) is 0. The molecule has 0 spiro atoms. The topological polar surface area (TPSA) is 44.7 Å². The molecule has 2 aromatic heterocycles. The van der Waals surface area contributed by atoms with Crippen LogP contribution in [0.1, 0.15) is 70.8 Å². The highest BCUT2D eigenvalue weighted by atomic mass is 16.5. The van der Waals surface area contributed by atoms with Crippen LogP contribution < -0.4 is 4.74 Å². The summed E-state index contributed by atoms with van der Waals surface area (Å²) in [6.45, 7) is 6.87. The van der Waals surface area contributed by atoms with E-state index < -0.39 is 0 Å². The molecule has 0 amide bonds. The van der Waals surface area contributed by atoms with E-state index in [-0.39, 0.29) is 0 Å². The minimum Gasteiger partial charge on any atom is -0.494 e. The number of rotatable bonds is 14. The van der Waals surface area contributed by atoms with Gasteiger partial charge in [-0.15, -0.1) is 0 Å². The molecular weight excluding hydrogens is 544 g/mol. The number of ether oxygens (including phenoxy) is 2. The van der Waals surface area contributed by atoms with Gasteiger partial charge < -0.3 is 18.3 Å². The standard InChI is InChI=1S/C40H42O4/c1-3-5-6-7-9-18-42-32-15-14-29-22-34-36-26-39-35(25-40(36)44-38(34)24-31(29)20-32)33-21-28-13-12-27(11-8-10-17-41-16-4-2)19-30(28)23-37(33)43-39/h12-15,19-26H,3-11,16-18H2,1-2H3. The van der Waals surface area contributed by atoms with E-state index in [9.17, 15) is 0 Å². The van der Waals surface area contributed by atoms with Crippen LogP contribution in [0.2, 0.25) is 0 Å². The number of aryl methyl sites for hydroxylation is 1. The Hall–Kier alpha value is -4.02. The van der Waals surface area contributed by atoms with Gasteiger partial charge in [0.15, 0.2) is 0 Å². The SMILES string of the molecule is CCCCCCCOc1ccc2cc3c(cc2c1)oc1cc2c(cc13)oc1cc3cc(CCCCOCCC)ccc3cc12. The van der Waals surface area contributed by atoms with Gasteiger partial charge in [-0.1, -0.05) is 63.8 Å². The van der Waals surface area contributed by atoms with Crippen LogP contribution in [0, 0.1) is 0 Å². The Morgan fingerprint density at radius 2 is 1.09 bits per heavy atom. The van der Waals surface area contributed by atoms with Crippen molar-refractivity contribution in [3.63, 3.8) is 0 Å². The van der Waals surface area contributed by atoms with Crippen LogP contribution in [-0.2, 0) is 11.2 Å². The molecule has 0 aliphatic heterocycles. The molecular formula is C40H42O4. The van der Waals surface area contributed by atoms with E-state index >= 15 is 0 Å². The maximum absolute atomic E-state index is 6.46. The molecule has 7 rings (SSSR count). The van der Waals surface area contributed by atoms with Gasteiger partial charge in [0.05, 0.1) is 6.61 Å². The highest BCUT2D eigenvalue weighted by molar-refractivity contribution is 6.18. The number of fused-ring (bicyclic) bond motifs is 8. The summed E-state index contributed by atoms with van der Waals surface area (Å²) < 4.78 is 24.6. The van der Waals surface area contributed by atoms with Gasteiger partial charge in [0.25, 0.3) is 0 Å². The Morgan fingerprint density at radius 1 is 0.477 bits per heavy atom. The number of furan rings is 2. The average molecular weight is 587 g/mol. The van der Waals surface area contributed by atoms with Crippen LogP contribution in [0.25, 0.3) is 65.4 Å². The summed E-state index contributed by atoms with van der Waals surface area (Å²) in [7, 11) is 0. The van der Waals surface area contributed by atoms with Gasteiger partial charge in [0.2, 0.25) is 0 Å². The summed E-state index contributed by atoms with van der Waals surface area (Å²) in [6.07, 6.45) is 10.6. The average Bonchev–Trinajstić information content (AvgIpc) is 3.56. The van der Waals surface area contributed by atoms with Gasteiger partial charge in [0.1, 0.15) is 28.1 Å². The zero-order valence-corrected chi connectivity index (χ0v) is 26.0. The third-order valence-corrected chi connectivity index (χ3v) is 8.88. The van der Waals surface area contributed by atoms with E-state index in [1.165, 1.54) is 47.4 Å². The monoisotopic (exact) mass is 586 g/mol. The zero-order chi connectivity index (χ0) is 29.9. The summed E-state index contributed by atoms with van der Waals surface area (Å²) in [5, 5.41) is 9.15. The van der Waals surface area contributed by atoms with Gasteiger partial charge in [-0.2, -0.15) is 0 Å². The fraction of sp³-hybridized carbons (Fsp3) is 0.350. The lowest BCUT2D eigenvalue weighted by Crippen LogP contribution is -1.97. The van der Waals surface area contributed by atoms with Gasteiger partial charge in [-0.05, 0) is 108 Å². The lowest BCUT2D eigenvalue weighted by Gasteiger charge is -2.07. The van der Waals surface area contributed by atoms with E-state index in [1.54, 1.807) is 0 Å². The third kappa shape index (κ3) is 5.88. The van der Waals surface area contributed by atoms with Crippen LogP contribution >= 0.6 is 0 Å². The molecule has 226 valence electrons. The van der Waals surface area contributed by atoms with E-state index in [0.29, 0.717) is 0 Å². The summed E-state index contributed by atoms with van der Waals surface area (Å²) in [6, 6.07) is 26.3. The Labute approximate surface area is 258 Å². The zero-order valence-electron chi connectivity index (χ0n) is 26.0. The van der Waals surface area contributed by atoms with Crippen molar-refractivity contribution >= 4 is 65.4 Å². The molecule has 0 radical (unpaired) electrons. The van der Waals surface area contributed by atoms with Gasteiger partial charge >= 0.3 is 0 Å². The van der Waals surface area contributed by atoms with Crippen LogP contribution in [0.15, 0.2) is 81.6 Å². The van der Waals surface area contributed by atoms with Crippen LogP contribution in [0.5, 0.6) is 5.75 Å². The molecule has 0 bridgehead atoms. The molecule has 0 fully saturated rings. The number of benzene rings is 5. The quantitative estimate of drug-likeness (QED) is 0.119. The second-order valence-corrected chi connectivity index (χ2v) is 12.3. The minimum atomic E-state index is 0.764. The molecule has 0 N–H and O–H groups in total. The van der Waals surface area contributed by atoms with E-state index in [0.717, 1.165) is 107 Å². The lowest BCUT2D eigenvalue weighted by molar-refractivity contribution is 0.131. The Balaban J connectivity index is 1.15. The summed E-state index contributed by atoms with van der Waals surface area (Å²) in [5.41, 5.74) is 4.93. The second kappa shape index (κ2) is 12.9. The molecule has 7 aromatic rings. The molecule has 0 saturated carbocycles. The van der Waals surface area contributed by atoms with Crippen molar-refractivity contribution in [3.8, 4) is 5.75 Å². The molecule has 0 aliphatic carbocycles. The largest absolute Gasteiger partial charge is 0.494 e. The Bertz CT molecular complexity index is 1910. The van der Waals surface area contributed by atoms with Crippen molar-refractivity contribution < 1.29 is 18.3 Å². The van der Waals surface area contributed by atoms with Crippen LogP contribution in [0.4, 0.5) is 0 Å². The second-order valence-electron chi connectivity index (χ2n) is 12.3. The van der Waals surface area contributed by atoms with Gasteiger partial charge in [0, 0.05) is 34.8 Å². The molecule has 5 aromatic carbocycles. The van der Waals surface area contributed by atoms with Crippen LogP contribution in [0.3, 0.4) is 0 Å². The third-order valence-electron chi connectivity index (χ3n) is 8.88. The summed E-state index contributed by atoms with van der Waals surface area (Å²) >= 11 is 0. The molecule has 4 nitrogen and oxygen atoms in total. The number of hydrogen-bond acceptors (Lipinski definition) is 4. The van der Waals surface area contributed by atoms with Crippen molar-refractivity contribution in [1.82, 2.24) is 0 Å². The molecule has 0 saturated heterocycles. The molecule has 0 atom stereocenters. The first-order valence-corrected chi connectivity index (χ1v) is 16.6. The van der Waals surface area contributed by atoms with Crippen molar-refractivity contribution in [2.24, 2.45) is 0 Å². The maximum Gasteiger partial charge on any atom is 0.136 e. The molecule has 2 heterocycles. The van der Waals surface area contributed by atoms with E-state index in [1.807, 2.05) is 0 Å². The minimum absolute atomic E-state index is 0.764. The van der Waals surface area contributed by atoms with Crippen molar-refractivity contribution in [2.45, 2.75) is 71.6 Å². The summed E-state index contributed by atoms with van der Waals surface area (Å²) in [4.78, 5) is 0. The Morgan fingerprint density at radius 3 is 1.80 bits per heavy atom. The maximum atomic E-state index is 6.46. The highest BCUT2D eigenvalue weighted by Crippen LogP contribution is 2.39. The first kappa shape index (κ1) is 28.7. The fourth-order valence-electron chi connectivity index (χ4n) is 6.48. The first-order chi connectivity index (χ1) is 21.7. The number of unbranched alkanes of at least 4 members (excludes halogenated alkanes) is 5. The predicted octanol–water partition coefficient (Wildman–Crippen LogP) is 11.9. The highest BCUT2D eigenvalue weighted by Gasteiger charge is 2.15. The molecule has 0 aliphatic rings. The van der Waals surface area contributed by atoms with Crippen LogP contribution in [-0.4, -0.2) is 19.8 Å². The van der Waals surface area contributed by atoms with Crippen molar-refractivity contribution in [3.05, 3.63) is 78.4 Å². The Kier molecular flexibility index (Phi) is 8.43. The van der Waals surface area contributed by atoms with Gasteiger partial charge in [-0.3, -0.25) is 0 Å². The van der Waals surface area contributed by atoms with Crippen molar-refractivity contribution in [1.29, 1.82) is 0 Å². The van der Waals surface area contributed by atoms with E-state index in [2.05, 4.69) is 86.6 Å². The molecule has 4 heteroatoms.